The number of carbonyl (C=O) groups excluding carboxylic acids is 4. The Bertz CT molecular complexity index is 1620. The van der Waals surface area contributed by atoms with Gasteiger partial charge in [0.25, 0.3) is 0 Å². The molecule has 49 heavy (non-hydrogen) atoms. The Hall–Kier alpha value is -3.94. The van der Waals surface area contributed by atoms with Crippen LogP contribution in [0, 0.1) is 0 Å². The SMILES string of the molecule is COC(=O)c1cc(OCc2ccccc2)c2c(c1OC(C)=O)N1C[C@H]3[C@@H](C1[C@@]2(C=O)COCO[Si](C)(C)C(C)(C)C)N3C(=O)OC(C)(C)C. The van der Waals surface area contributed by atoms with Crippen LogP contribution in [0.4, 0.5) is 10.5 Å². The number of benzene rings is 2. The third kappa shape index (κ3) is 6.80. The molecule has 3 aliphatic rings. The van der Waals surface area contributed by atoms with Crippen LogP contribution in [0.15, 0.2) is 36.4 Å². The molecule has 266 valence electrons. The number of piperazine rings is 1. The van der Waals surface area contributed by atoms with Crippen molar-refractivity contribution < 1.29 is 47.3 Å². The fourth-order valence-corrected chi connectivity index (χ4v) is 7.35. The lowest BCUT2D eigenvalue weighted by molar-refractivity contribution is -0.131. The third-order valence-corrected chi connectivity index (χ3v) is 14.3. The summed E-state index contributed by atoms with van der Waals surface area (Å²) < 4.78 is 35.6. The summed E-state index contributed by atoms with van der Waals surface area (Å²) in [6, 6.07) is 9.51. The number of amides is 1. The van der Waals surface area contributed by atoms with Crippen molar-refractivity contribution in [3.63, 3.8) is 0 Å². The summed E-state index contributed by atoms with van der Waals surface area (Å²) >= 11 is 0. The molecule has 2 fully saturated rings. The predicted octanol–water partition coefficient (Wildman–Crippen LogP) is 5.60. The molecule has 2 aromatic rings. The van der Waals surface area contributed by atoms with Gasteiger partial charge in [0.2, 0.25) is 0 Å². The Morgan fingerprint density at radius 1 is 1.06 bits per heavy atom. The van der Waals surface area contributed by atoms with Gasteiger partial charge in [-0.25, -0.2) is 9.59 Å². The summed E-state index contributed by atoms with van der Waals surface area (Å²) in [7, 11) is -0.976. The number of esters is 2. The molecule has 12 nitrogen and oxygen atoms in total. The molecule has 0 bridgehead atoms. The minimum atomic E-state index is -2.21. The number of nitrogens with zero attached hydrogens (tertiary/aromatic N) is 2. The Morgan fingerprint density at radius 3 is 2.31 bits per heavy atom. The van der Waals surface area contributed by atoms with Crippen LogP contribution in [0.25, 0.3) is 0 Å². The first kappa shape index (κ1) is 36.3. The number of anilines is 1. The van der Waals surface area contributed by atoms with Gasteiger partial charge in [-0.1, -0.05) is 51.1 Å². The Labute approximate surface area is 289 Å². The zero-order valence-corrected chi connectivity index (χ0v) is 31.1. The molecule has 13 heteroatoms. The van der Waals surface area contributed by atoms with Crippen LogP contribution in [0.1, 0.15) is 70.0 Å². The van der Waals surface area contributed by atoms with Crippen molar-refractivity contribution in [3.05, 3.63) is 53.1 Å². The van der Waals surface area contributed by atoms with Crippen LogP contribution in [-0.2, 0) is 40.2 Å². The number of aldehydes is 1. The molecule has 1 amide bonds. The largest absolute Gasteiger partial charge is 0.488 e. The van der Waals surface area contributed by atoms with Crippen molar-refractivity contribution in [2.45, 2.75) is 102 Å². The van der Waals surface area contributed by atoms with E-state index in [1.165, 1.54) is 20.1 Å². The lowest BCUT2D eigenvalue weighted by atomic mass is 9.76. The molecular weight excluding hydrogens is 648 g/mol. The Balaban J connectivity index is 1.65. The molecule has 0 spiro atoms. The van der Waals surface area contributed by atoms with E-state index in [0.29, 0.717) is 11.3 Å². The topological polar surface area (TPSA) is 130 Å². The summed E-state index contributed by atoms with van der Waals surface area (Å²) in [6.07, 6.45) is 0.331. The van der Waals surface area contributed by atoms with Gasteiger partial charge in [-0.05, 0) is 50.5 Å². The van der Waals surface area contributed by atoms with Crippen molar-refractivity contribution >= 4 is 38.3 Å². The van der Waals surface area contributed by atoms with Gasteiger partial charge in [0, 0.05) is 19.0 Å². The van der Waals surface area contributed by atoms with Gasteiger partial charge in [-0.2, -0.15) is 0 Å². The first-order valence-corrected chi connectivity index (χ1v) is 19.4. The second-order valence-corrected chi connectivity index (χ2v) is 20.2. The highest BCUT2D eigenvalue weighted by Gasteiger charge is 2.73. The number of hydrogen-bond acceptors (Lipinski definition) is 11. The van der Waals surface area contributed by atoms with Gasteiger partial charge in [0.05, 0.1) is 37.5 Å². The first-order chi connectivity index (χ1) is 22.9. The van der Waals surface area contributed by atoms with Gasteiger partial charge in [-0.15, -0.1) is 0 Å². The summed E-state index contributed by atoms with van der Waals surface area (Å²) in [5.41, 5.74) is -0.594. The molecule has 3 aliphatic heterocycles. The fraction of sp³-hybridized carbons (Fsp3) is 0.556. The van der Waals surface area contributed by atoms with Crippen molar-refractivity contribution in [3.8, 4) is 11.5 Å². The number of ether oxygens (including phenoxy) is 5. The Kier molecular flexibility index (Phi) is 9.69. The molecule has 1 unspecified atom stereocenters. The molecule has 0 saturated carbocycles. The van der Waals surface area contributed by atoms with E-state index >= 15 is 0 Å². The molecule has 4 atom stereocenters. The van der Waals surface area contributed by atoms with Crippen LogP contribution in [0.3, 0.4) is 0 Å². The third-order valence-electron chi connectivity index (χ3n) is 9.88. The van der Waals surface area contributed by atoms with E-state index in [4.69, 9.17) is 28.1 Å². The molecule has 0 radical (unpaired) electrons. The smallest absolute Gasteiger partial charge is 0.411 e. The molecule has 2 saturated heterocycles. The van der Waals surface area contributed by atoms with Crippen molar-refractivity contribution in [2.75, 3.05) is 32.0 Å². The van der Waals surface area contributed by atoms with Crippen LogP contribution in [-0.4, -0.2) is 88.3 Å². The molecule has 5 rings (SSSR count). The van der Waals surface area contributed by atoms with E-state index in [-0.39, 0.29) is 54.7 Å². The molecule has 0 aliphatic carbocycles. The van der Waals surface area contributed by atoms with Gasteiger partial charge < -0.3 is 37.8 Å². The quantitative estimate of drug-likeness (QED) is 0.0554. The second kappa shape index (κ2) is 13.1. The van der Waals surface area contributed by atoms with Crippen molar-refractivity contribution in [2.24, 2.45) is 0 Å². The number of carbonyl (C=O) groups is 4. The van der Waals surface area contributed by atoms with Crippen molar-refractivity contribution in [1.82, 2.24) is 4.90 Å². The van der Waals surface area contributed by atoms with Gasteiger partial charge in [0.1, 0.15) is 42.0 Å². The number of methoxy groups -OCH3 is 1. The normalized spacial score (nSPS) is 22.5. The highest BCUT2D eigenvalue weighted by molar-refractivity contribution is 6.74. The number of fused-ring (bicyclic) bond motifs is 5. The van der Waals surface area contributed by atoms with Crippen LogP contribution in [0.5, 0.6) is 11.5 Å². The molecule has 0 aromatic heterocycles. The summed E-state index contributed by atoms with van der Waals surface area (Å²) in [6.45, 7) is 17.4. The monoisotopic (exact) mass is 696 g/mol. The average molecular weight is 697 g/mol. The summed E-state index contributed by atoms with van der Waals surface area (Å²) in [5, 5.41) is -0.0717. The van der Waals surface area contributed by atoms with Gasteiger partial charge in [-0.3, -0.25) is 9.69 Å². The lowest BCUT2D eigenvalue weighted by Gasteiger charge is -2.37. The van der Waals surface area contributed by atoms with E-state index in [2.05, 4.69) is 33.9 Å². The molecular formula is C36H48N2O10Si. The fourth-order valence-electron chi connectivity index (χ4n) is 6.54. The van der Waals surface area contributed by atoms with Crippen LogP contribution >= 0.6 is 0 Å². The highest BCUT2D eigenvalue weighted by atomic mass is 28.4. The van der Waals surface area contributed by atoms with E-state index in [0.717, 1.165) is 11.8 Å². The lowest BCUT2D eigenvalue weighted by Crippen LogP contribution is -2.52. The van der Waals surface area contributed by atoms with E-state index in [9.17, 15) is 19.2 Å². The van der Waals surface area contributed by atoms with E-state index in [1.54, 1.807) is 25.7 Å². The number of rotatable bonds is 11. The zero-order valence-electron chi connectivity index (χ0n) is 30.1. The van der Waals surface area contributed by atoms with Gasteiger partial charge in [0.15, 0.2) is 14.1 Å². The van der Waals surface area contributed by atoms with E-state index in [1.807, 2.05) is 35.2 Å². The minimum absolute atomic E-state index is 0.0355. The maximum Gasteiger partial charge on any atom is 0.411 e. The maximum atomic E-state index is 13.8. The Morgan fingerprint density at radius 2 is 1.73 bits per heavy atom. The predicted molar refractivity (Wildman–Crippen MR) is 183 cm³/mol. The highest BCUT2D eigenvalue weighted by Crippen LogP contribution is 2.62. The van der Waals surface area contributed by atoms with Crippen LogP contribution < -0.4 is 14.4 Å². The van der Waals surface area contributed by atoms with Crippen LogP contribution in [0.2, 0.25) is 18.1 Å². The first-order valence-electron chi connectivity index (χ1n) is 16.5. The van der Waals surface area contributed by atoms with E-state index < -0.39 is 49.4 Å². The minimum Gasteiger partial charge on any atom is -0.488 e. The second-order valence-electron chi connectivity index (χ2n) is 15.4. The molecule has 0 N–H and O–H groups in total. The molecule has 2 aromatic carbocycles. The average Bonchev–Trinajstić information content (AvgIpc) is 3.46. The standard InChI is InChI=1S/C36H48N2O10Si/c1-22(40)47-30-24(32(41)43-8)16-26(45-18-23-14-12-11-13-15-23)27-29(30)37-17-25-28(38(25)33(42)48-34(2,3)4)31(37)36(27,19-39)20-44-21-46-49(9,10)35(5,6)7/h11-16,19,25,28,31H,17-18,20-21H2,1-10H3/t25-,28-,31?,36-,38?/m0/s1. The summed E-state index contributed by atoms with van der Waals surface area (Å²) in [4.78, 5) is 56.5. The maximum absolute atomic E-state index is 13.8. The van der Waals surface area contributed by atoms with Crippen molar-refractivity contribution in [1.29, 1.82) is 0 Å². The zero-order chi connectivity index (χ0) is 36.1. The summed E-state index contributed by atoms with van der Waals surface area (Å²) in [5.74, 6) is -1.23. The molecule has 3 heterocycles. The number of hydrogen-bond donors (Lipinski definition) is 0. The van der Waals surface area contributed by atoms with Gasteiger partial charge >= 0.3 is 18.0 Å².